The Morgan fingerprint density at radius 2 is 2.12 bits per heavy atom. The van der Waals surface area contributed by atoms with E-state index in [-0.39, 0.29) is 16.9 Å². The van der Waals surface area contributed by atoms with Gasteiger partial charge in [-0.15, -0.1) is 11.6 Å². The largest absolute Gasteiger partial charge is 0.351 e. The summed E-state index contributed by atoms with van der Waals surface area (Å²) in [6.07, 6.45) is 2.07. The Morgan fingerprint density at radius 3 is 2.69 bits per heavy atom. The number of carbonyl (C=O) groups is 1. The van der Waals surface area contributed by atoms with Gasteiger partial charge in [0.1, 0.15) is 5.82 Å². The monoisotopic (exact) mass is 241 g/mol. The van der Waals surface area contributed by atoms with Gasteiger partial charge in [-0.2, -0.15) is 0 Å². The normalized spacial score (nSPS) is 16.9. The quantitative estimate of drug-likeness (QED) is 0.807. The molecule has 0 atom stereocenters. The summed E-state index contributed by atoms with van der Waals surface area (Å²) in [6.45, 7) is 0.531. The molecule has 1 N–H and O–H groups in total. The van der Waals surface area contributed by atoms with Crippen LogP contribution < -0.4 is 5.32 Å². The number of carbonyl (C=O) groups excluding carboxylic acids is 1. The Morgan fingerprint density at radius 1 is 1.44 bits per heavy atom. The summed E-state index contributed by atoms with van der Waals surface area (Å²) in [5, 5.41) is 2.73. The second-order valence-corrected chi connectivity index (χ2v) is 4.56. The molecule has 0 aromatic heterocycles. The summed E-state index contributed by atoms with van der Waals surface area (Å²) in [5.74, 6) is -0.310. The SMILES string of the molecule is O=C(NCC1(CCl)CC1)c1ccccc1F. The van der Waals surface area contributed by atoms with Crippen molar-refractivity contribution in [1.29, 1.82) is 0 Å². The molecule has 1 amide bonds. The number of nitrogens with one attached hydrogen (secondary N) is 1. The molecule has 4 heteroatoms. The molecule has 0 heterocycles. The summed E-state index contributed by atoms with van der Waals surface area (Å²) >= 11 is 5.79. The molecule has 86 valence electrons. The van der Waals surface area contributed by atoms with Crippen molar-refractivity contribution in [2.75, 3.05) is 12.4 Å². The Labute approximate surface area is 98.8 Å². The van der Waals surface area contributed by atoms with Crippen LogP contribution >= 0.6 is 11.6 Å². The van der Waals surface area contributed by atoms with Crippen LogP contribution in [0.4, 0.5) is 4.39 Å². The van der Waals surface area contributed by atoms with Crippen molar-refractivity contribution in [1.82, 2.24) is 5.32 Å². The number of hydrogen-bond donors (Lipinski definition) is 1. The highest BCUT2D eigenvalue weighted by Gasteiger charge is 2.41. The molecule has 0 radical (unpaired) electrons. The first-order chi connectivity index (χ1) is 7.67. The molecule has 0 saturated heterocycles. The average molecular weight is 242 g/mol. The van der Waals surface area contributed by atoms with Crippen LogP contribution in [0.15, 0.2) is 24.3 Å². The van der Waals surface area contributed by atoms with Gasteiger partial charge in [-0.3, -0.25) is 4.79 Å². The Hall–Kier alpha value is -1.09. The van der Waals surface area contributed by atoms with E-state index < -0.39 is 5.82 Å². The van der Waals surface area contributed by atoms with E-state index in [0.29, 0.717) is 12.4 Å². The molecule has 1 aromatic rings. The van der Waals surface area contributed by atoms with Gasteiger partial charge in [0.15, 0.2) is 0 Å². The number of alkyl halides is 1. The van der Waals surface area contributed by atoms with Crippen LogP contribution in [0.3, 0.4) is 0 Å². The fourth-order valence-electron chi connectivity index (χ4n) is 1.54. The first-order valence-electron chi connectivity index (χ1n) is 5.26. The fraction of sp³-hybridized carbons (Fsp3) is 0.417. The summed E-state index contributed by atoms with van der Waals surface area (Å²) in [5.41, 5.74) is 0.149. The molecule has 1 aromatic carbocycles. The van der Waals surface area contributed by atoms with Crippen molar-refractivity contribution < 1.29 is 9.18 Å². The van der Waals surface area contributed by atoms with Crippen LogP contribution in [0.25, 0.3) is 0 Å². The molecule has 1 aliphatic carbocycles. The minimum absolute atomic E-state index is 0.0580. The van der Waals surface area contributed by atoms with Gasteiger partial charge in [0.25, 0.3) is 5.91 Å². The lowest BCUT2D eigenvalue weighted by Gasteiger charge is -2.12. The van der Waals surface area contributed by atoms with Crippen LogP contribution in [0.1, 0.15) is 23.2 Å². The smallest absolute Gasteiger partial charge is 0.254 e. The molecule has 16 heavy (non-hydrogen) atoms. The lowest BCUT2D eigenvalue weighted by molar-refractivity contribution is 0.0942. The van der Waals surface area contributed by atoms with E-state index in [1.807, 2.05) is 0 Å². The molecule has 1 aliphatic rings. The van der Waals surface area contributed by atoms with Crippen LogP contribution in [0, 0.1) is 11.2 Å². The van der Waals surface area contributed by atoms with Crippen LogP contribution in [-0.2, 0) is 0 Å². The fourth-order valence-corrected chi connectivity index (χ4v) is 1.90. The van der Waals surface area contributed by atoms with Crippen LogP contribution in [0.5, 0.6) is 0 Å². The van der Waals surface area contributed by atoms with Crippen molar-refractivity contribution in [3.05, 3.63) is 35.6 Å². The molecular weight excluding hydrogens is 229 g/mol. The standard InChI is InChI=1S/C12H13ClFNO/c13-7-12(5-6-12)8-15-11(16)9-3-1-2-4-10(9)14/h1-4H,5-8H2,(H,15,16). The molecule has 0 bridgehead atoms. The van der Waals surface area contributed by atoms with Gasteiger partial charge in [-0.1, -0.05) is 12.1 Å². The van der Waals surface area contributed by atoms with Crippen molar-refractivity contribution >= 4 is 17.5 Å². The summed E-state index contributed by atoms with van der Waals surface area (Å²) in [6, 6.07) is 5.97. The summed E-state index contributed by atoms with van der Waals surface area (Å²) in [7, 11) is 0. The topological polar surface area (TPSA) is 29.1 Å². The third kappa shape index (κ3) is 2.35. The van der Waals surface area contributed by atoms with Crippen molar-refractivity contribution in [3.8, 4) is 0 Å². The lowest BCUT2D eigenvalue weighted by Crippen LogP contribution is -2.31. The molecule has 2 rings (SSSR count). The average Bonchev–Trinajstić information content (AvgIpc) is 3.07. The predicted octanol–water partition coefficient (Wildman–Crippen LogP) is 2.57. The van der Waals surface area contributed by atoms with Gasteiger partial charge in [-0.05, 0) is 25.0 Å². The zero-order chi connectivity index (χ0) is 11.6. The van der Waals surface area contributed by atoms with E-state index in [1.165, 1.54) is 12.1 Å². The number of halogens is 2. The van der Waals surface area contributed by atoms with E-state index in [4.69, 9.17) is 11.6 Å². The molecule has 0 unspecified atom stereocenters. The number of rotatable bonds is 4. The second kappa shape index (κ2) is 4.42. The Kier molecular flexibility index (Phi) is 3.15. The van der Waals surface area contributed by atoms with Gasteiger partial charge < -0.3 is 5.32 Å². The maximum absolute atomic E-state index is 13.3. The first kappa shape index (κ1) is 11.4. The van der Waals surface area contributed by atoms with Gasteiger partial charge in [0.2, 0.25) is 0 Å². The molecule has 1 saturated carbocycles. The molecule has 0 aliphatic heterocycles. The van der Waals surface area contributed by atoms with Gasteiger partial charge in [-0.25, -0.2) is 4.39 Å². The third-order valence-electron chi connectivity index (χ3n) is 2.98. The van der Waals surface area contributed by atoms with E-state index in [1.54, 1.807) is 12.1 Å². The maximum Gasteiger partial charge on any atom is 0.254 e. The van der Waals surface area contributed by atoms with Gasteiger partial charge >= 0.3 is 0 Å². The van der Waals surface area contributed by atoms with E-state index in [9.17, 15) is 9.18 Å². The van der Waals surface area contributed by atoms with Crippen LogP contribution in [-0.4, -0.2) is 18.3 Å². The van der Waals surface area contributed by atoms with Crippen molar-refractivity contribution in [3.63, 3.8) is 0 Å². The number of benzene rings is 1. The summed E-state index contributed by atoms with van der Waals surface area (Å²) in [4.78, 5) is 11.7. The number of amides is 1. The maximum atomic E-state index is 13.3. The first-order valence-corrected chi connectivity index (χ1v) is 5.79. The van der Waals surface area contributed by atoms with E-state index >= 15 is 0 Å². The Balaban J connectivity index is 1.96. The zero-order valence-electron chi connectivity index (χ0n) is 8.80. The van der Waals surface area contributed by atoms with Crippen molar-refractivity contribution in [2.24, 2.45) is 5.41 Å². The predicted molar refractivity (Wildman–Crippen MR) is 61.1 cm³/mol. The number of hydrogen-bond acceptors (Lipinski definition) is 1. The highest BCUT2D eigenvalue weighted by molar-refractivity contribution is 6.18. The van der Waals surface area contributed by atoms with Crippen molar-refractivity contribution in [2.45, 2.75) is 12.8 Å². The molecule has 2 nitrogen and oxygen atoms in total. The van der Waals surface area contributed by atoms with Crippen LogP contribution in [0.2, 0.25) is 0 Å². The highest BCUT2D eigenvalue weighted by atomic mass is 35.5. The van der Waals surface area contributed by atoms with Gasteiger partial charge in [0, 0.05) is 17.8 Å². The zero-order valence-corrected chi connectivity index (χ0v) is 9.56. The lowest BCUT2D eigenvalue weighted by atomic mass is 10.1. The minimum atomic E-state index is -0.490. The molecule has 0 spiro atoms. The highest BCUT2D eigenvalue weighted by Crippen LogP contribution is 2.45. The molecule has 1 fully saturated rings. The summed E-state index contributed by atoms with van der Waals surface area (Å²) < 4.78 is 13.3. The Bertz CT molecular complexity index is 404. The van der Waals surface area contributed by atoms with E-state index in [0.717, 1.165) is 12.8 Å². The third-order valence-corrected chi connectivity index (χ3v) is 3.55. The second-order valence-electron chi connectivity index (χ2n) is 4.30. The van der Waals surface area contributed by atoms with Gasteiger partial charge in [0.05, 0.1) is 5.56 Å². The molecular formula is C12H13ClFNO. The van der Waals surface area contributed by atoms with E-state index in [2.05, 4.69) is 5.32 Å². The minimum Gasteiger partial charge on any atom is -0.351 e.